The lowest BCUT2D eigenvalue weighted by molar-refractivity contribution is -0.145. The van der Waals surface area contributed by atoms with Crippen LogP contribution < -0.4 is 16.0 Å². The second-order valence-corrected chi connectivity index (χ2v) is 13.0. The van der Waals surface area contributed by atoms with E-state index in [-0.39, 0.29) is 36.9 Å². The molecule has 4 atom stereocenters. The fourth-order valence-electron chi connectivity index (χ4n) is 5.40. The zero-order valence-electron chi connectivity index (χ0n) is 24.0. The number of aliphatic hydroxyl groups is 1. The minimum atomic E-state index is -1.13. The molecule has 0 spiro atoms. The van der Waals surface area contributed by atoms with Crippen molar-refractivity contribution in [2.75, 3.05) is 6.54 Å². The number of likely N-dealkylation sites (tertiary alicyclic amines) is 1. The van der Waals surface area contributed by atoms with Gasteiger partial charge in [0.25, 0.3) is 0 Å². The van der Waals surface area contributed by atoms with E-state index in [1.807, 2.05) is 64.4 Å². The minimum Gasteiger partial charge on any atom is -0.465 e. The van der Waals surface area contributed by atoms with Crippen LogP contribution >= 0.6 is 11.3 Å². The Morgan fingerprint density at radius 2 is 1.71 bits per heavy atom. The summed E-state index contributed by atoms with van der Waals surface area (Å²) in [5.41, 5.74) is 4.05. The second kappa shape index (κ2) is 12.2. The van der Waals surface area contributed by atoms with Crippen LogP contribution in [0.2, 0.25) is 0 Å². The van der Waals surface area contributed by atoms with Crippen molar-refractivity contribution >= 4 is 35.2 Å². The number of nitrogens with zero attached hydrogens (tertiary/aromatic N) is 2. The molecule has 1 aliphatic heterocycles. The molecule has 4 amide bonds. The first-order valence-corrected chi connectivity index (χ1v) is 14.7. The number of carbonyl (C=O) groups excluding carboxylic acids is 3. The van der Waals surface area contributed by atoms with Crippen LogP contribution in [-0.4, -0.2) is 74.7 Å². The van der Waals surface area contributed by atoms with Crippen molar-refractivity contribution in [2.24, 2.45) is 11.3 Å². The van der Waals surface area contributed by atoms with E-state index in [9.17, 15) is 24.3 Å². The number of nitrogens with one attached hydrogen (secondary N) is 3. The number of β-amino-alcohol motifs (C(OH)–C–C–N with tert-alkyl or cyclic N) is 1. The van der Waals surface area contributed by atoms with Gasteiger partial charge in [-0.1, -0.05) is 45.0 Å². The molecule has 12 heteroatoms. The number of carbonyl (C=O) groups is 4. The Bertz CT molecular complexity index is 1280. The van der Waals surface area contributed by atoms with Gasteiger partial charge in [-0.25, -0.2) is 9.78 Å². The number of hydrogen-bond donors (Lipinski definition) is 5. The Morgan fingerprint density at radius 3 is 2.27 bits per heavy atom. The predicted octanol–water partition coefficient (Wildman–Crippen LogP) is 2.83. The summed E-state index contributed by atoms with van der Waals surface area (Å²) >= 11 is 1.57. The summed E-state index contributed by atoms with van der Waals surface area (Å²) in [4.78, 5) is 57.7. The van der Waals surface area contributed by atoms with Gasteiger partial charge in [-0.2, -0.15) is 0 Å². The molecule has 1 saturated carbocycles. The number of thiazole rings is 1. The van der Waals surface area contributed by atoms with Crippen LogP contribution in [0.15, 0.2) is 29.8 Å². The van der Waals surface area contributed by atoms with E-state index < -0.39 is 41.5 Å². The molecule has 1 saturated heterocycles. The molecule has 1 aromatic heterocycles. The van der Waals surface area contributed by atoms with E-state index >= 15 is 0 Å². The van der Waals surface area contributed by atoms with Crippen LogP contribution in [-0.2, 0) is 14.4 Å². The number of benzene rings is 1. The van der Waals surface area contributed by atoms with Gasteiger partial charge in [0.2, 0.25) is 17.7 Å². The van der Waals surface area contributed by atoms with Crippen LogP contribution in [0, 0.1) is 18.3 Å². The van der Waals surface area contributed by atoms with E-state index in [4.69, 9.17) is 5.11 Å². The third-order valence-electron chi connectivity index (χ3n) is 7.88. The standard InChI is InChI=1S/C29H39N5O6S/c1-15(17-6-8-18(9-7-17)23-16(2)30-14-41-23)31-26(37)22-12-21(35)13-34(22)27(38)24(29(3,4)5)33-25(36)19-10-20(11-19)32-28(39)40/h6-9,14-15,19-22,24,32,35H,10-13H2,1-5H3,(H,31,37)(H,33,36)(H,39,40)/t15?,19-,20+,21-,22+,24?/m1/s1. The van der Waals surface area contributed by atoms with Crippen molar-refractivity contribution in [3.05, 3.63) is 41.0 Å². The summed E-state index contributed by atoms with van der Waals surface area (Å²) in [5, 5.41) is 27.5. The topological polar surface area (TPSA) is 161 Å². The molecule has 1 aromatic carbocycles. The third kappa shape index (κ3) is 7.05. The Balaban J connectivity index is 1.41. The zero-order chi connectivity index (χ0) is 30.1. The molecule has 222 valence electrons. The largest absolute Gasteiger partial charge is 0.465 e. The molecule has 5 N–H and O–H groups in total. The van der Waals surface area contributed by atoms with Gasteiger partial charge in [0, 0.05) is 24.9 Å². The number of hydrogen-bond acceptors (Lipinski definition) is 7. The molecule has 41 heavy (non-hydrogen) atoms. The van der Waals surface area contributed by atoms with Gasteiger partial charge in [0.1, 0.15) is 12.1 Å². The number of aromatic nitrogens is 1. The molecule has 11 nitrogen and oxygen atoms in total. The fourth-order valence-corrected chi connectivity index (χ4v) is 6.21. The van der Waals surface area contributed by atoms with Crippen molar-refractivity contribution in [3.63, 3.8) is 0 Å². The number of rotatable bonds is 8. The number of aryl methyl sites for hydroxylation is 1. The number of aliphatic hydroxyl groups excluding tert-OH is 1. The SMILES string of the molecule is Cc1ncsc1-c1ccc(C(C)NC(=O)[C@@H]2C[C@@H](O)CN2C(=O)C(NC(=O)[C@H]2C[C@@H](NC(=O)O)C2)C(C)(C)C)cc1. The first kappa shape index (κ1) is 30.4. The van der Waals surface area contributed by atoms with Gasteiger partial charge in [0.05, 0.1) is 28.2 Å². The Labute approximate surface area is 243 Å². The molecular formula is C29H39N5O6S. The lowest BCUT2D eigenvalue weighted by Crippen LogP contribution is -2.60. The van der Waals surface area contributed by atoms with E-state index in [0.29, 0.717) is 12.8 Å². The van der Waals surface area contributed by atoms with Gasteiger partial charge >= 0.3 is 6.09 Å². The summed E-state index contributed by atoms with van der Waals surface area (Å²) < 4.78 is 0. The molecule has 4 rings (SSSR count). The minimum absolute atomic E-state index is 0.00924. The summed E-state index contributed by atoms with van der Waals surface area (Å²) in [7, 11) is 0. The van der Waals surface area contributed by atoms with Crippen LogP contribution in [0.5, 0.6) is 0 Å². The van der Waals surface area contributed by atoms with Crippen molar-refractivity contribution in [1.82, 2.24) is 25.8 Å². The zero-order valence-corrected chi connectivity index (χ0v) is 24.8. The van der Waals surface area contributed by atoms with Crippen LogP contribution in [0.4, 0.5) is 4.79 Å². The van der Waals surface area contributed by atoms with E-state index in [1.54, 1.807) is 11.3 Å². The van der Waals surface area contributed by atoms with Gasteiger partial charge in [-0.15, -0.1) is 11.3 Å². The van der Waals surface area contributed by atoms with Crippen LogP contribution in [0.1, 0.15) is 64.3 Å². The summed E-state index contributed by atoms with van der Waals surface area (Å²) in [6.45, 7) is 9.30. The van der Waals surface area contributed by atoms with Crippen LogP contribution in [0.25, 0.3) is 10.4 Å². The molecule has 0 bridgehead atoms. The maximum absolute atomic E-state index is 13.8. The smallest absolute Gasteiger partial charge is 0.404 e. The number of carboxylic acid groups (broad SMARTS) is 1. The monoisotopic (exact) mass is 585 g/mol. The molecular weight excluding hydrogens is 546 g/mol. The quantitative estimate of drug-likeness (QED) is 0.318. The maximum atomic E-state index is 13.8. The highest BCUT2D eigenvalue weighted by atomic mass is 32.1. The molecule has 2 fully saturated rings. The molecule has 2 heterocycles. The highest BCUT2D eigenvalue weighted by molar-refractivity contribution is 7.13. The summed E-state index contributed by atoms with van der Waals surface area (Å²) in [6.07, 6.45) is -1.17. The number of amides is 4. The van der Waals surface area contributed by atoms with E-state index in [0.717, 1.165) is 21.7 Å². The summed E-state index contributed by atoms with van der Waals surface area (Å²) in [6, 6.07) is 5.46. The average molecular weight is 586 g/mol. The van der Waals surface area contributed by atoms with Gasteiger partial charge in [0.15, 0.2) is 0 Å². The van der Waals surface area contributed by atoms with Crippen molar-refractivity contribution in [3.8, 4) is 10.4 Å². The van der Waals surface area contributed by atoms with Crippen molar-refractivity contribution in [1.29, 1.82) is 0 Å². The first-order chi connectivity index (χ1) is 19.2. The highest BCUT2D eigenvalue weighted by Crippen LogP contribution is 2.31. The average Bonchev–Trinajstić information content (AvgIpc) is 3.48. The molecule has 2 aliphatic rings. The van der Waals surface area contributed by atoms with Crippen molar-refractivity contribution < 1.29 is 29.4 Å². The van der Waals surface area contributed by atoms with Crippen molar-refractivity contribution in [2.45, 2.75) is 84.2 Å². The first-order valence-electron chi connectivity index (χ1n) is 13.8. The molecule has 2 aromatic rings. The molecule has 0 radical (unpaired) electrons. The lowest BCUT2D eigenvalue weighted by atomic mass is 9.78. The summed E-state index contributed by atoms with van der Waals surface area (Å²) in [5.74, 6) is -1.53. The Kier molecular flexibility index (Phi) is 9.03. The molecule has 2 unspecified atom stereocenters. The molecule has 1 aliphatic carbocycles. The third-order valence-corrected chi connectivity index (χ3v) is 8.86. The van der Waals surface area contributed by atoms with Gasteiger partial charge < -0.3 is 31.1 Å². The predicted molar refractivity (Wildman–Crippen MR) is 154 cm³/mol. The fraction of sp³-hybridized carbons (Fsp3) is 0.552. The van der Waals surface area contributed by atoms with Crippen LogP contribution in [0.3, 0.4) is 0 Å². The van der Waals surface area contributed by atoms with E-state index in [2.05, 4.69) is 20.9 Å². The lowest BCUT2D eigenvalue weighted by Gasteiger charge is -2.39. The Hall–Kier alpha value is -3.51. The highest BCUT2D eigenvalue weighted by Gasteiger charge is 2.46. The van der Waals surface area contributed by atoms with E-state index in [1.165, 1.54) is 4.90 Å². The second-order valence-electron chi connectivity index (χ2n) is 12.1. The maximum Gasteiger partial charge on any atom is 0.404 e. The van der Waals surface area contributed by atoms with Gasteiger partial charge in [-0.3, -0.25) is 14.4 Å². The normalized spacial score (nSPS) is 23.7. The van der Waals surface area contributed by atoms with Gasteiger partial charge in [-0.05, 0) is 43.2 Å². The Morgan fingerprint density at radius 1 is 1.05 bits per heavy atom.